The summed E-state index contributed by atoms with van der Waals surface area (Å²) in [5.41, 5.74) is 0. The minimum atomic E-state index is -1.13. The van der Waals surface area contributed by atoms with Gasteiger partial charge in [-0.1, -0.05) is 0 Å². The predicted molar refractivity (Wildman–Crippen MR) is 68.3 cm³/mol. The molecule has 0 saturated heterocycles. The Morgan fingerprint density at radius 3 is 0.923 bits per heavy atom. The van der Waals surface area contributed by atoms with Crippen LogP contribution in [0.1, 0.15) is 0 Å². The van der Waals surface area contributed by atoms with Crippen LogP contribution in [0.25, 0.3) is 0 Å². The molecule has 91 valence electrons. The maximum atomic E-state index is 9.63. The van der Waals surface area contributed by atoms with Gasteiger partial charge in [-0.25, -0.2) is 0 Å². The van der Waals surface area contributed by atoms with E-state index in [2.05, 4.69) is 0 Å². The van der Waals surface area contributed by atoms with Crippen LogP contribution in [-0.4, -0.2) is 44.9 Å². The third-order valence-electron chi connectivity index (χ3n) is 0. The molecule has 3 nitrogen and oxygen atoms in total. The minimum absolute atomic E-state index is 0. The molecule has 0 radical (unpaired) electrons. The van der Waals surface area contributed by atoms with Crippen molar-refractivity contribution in [3.05, 3.63) is 0 Å². The maximum absolute atomic E-state index is 9.63. The molecule has 0 rings (SSSR count). The zero-order valence-electron chi connectivity index (χ0n) is 9.14. The fourth-order valence-electron chi connectivity index (χ4n) is 0. The molecular weight excluding hydrogens is 408 g/mol. The summed E-state index contributed by atoms with van der Waals surface area (Å²) in [6, 6.07) is 0. The van der Waals surface area contributed by atoms with Gasteiger partial charge in [0.2, 0.25) is 0 Å². The molecule has 0 heterocycles. The number of hydrogen-bond acceptors (Lipinski definition) is 3. The van der Waals surface area contributed by atoms with Crippen LogP contribution in [0, 0.1) is 0 Å². The molecule has 0 amide bonds. The molecule has 7 heteroatoms. The summed E-state index contributed by atoms with van der Waals surface area (Å²) in [7, 11) is -3.14. The fraction of sp³-hybridized carbons (Fsp3) is 1.00. The normalized spacial score (nSPS) is 8.15. The zero-order valence-corrected chi connectivity index (χ0v) is 14.9. The standard InChI is InChI=1S/3C2H7OP.Pt.3H/c3*1-4(2)3;;;;/h2*4H,1-2H3;3H,1-2H3;;;;/p+1. The van der Waals surface area contributed by atoms with E-state index in [1.165, 1.54) is 0 Å². The van der Waals surface area contributed by atoms with Crippen molar-refractivity contribution in [3.8, 4) is 0 Å². The van der Waals surface area contributed by atoms with Crippen molar-refractivity contribution in [1.29, 1.82) is 0 Å². The van der Waals surface area contributed by atoms with Crippen molar-refractivity contribution in [2.75, 3.05) is 40.0 Å². The summed E-state index contributed by atoms with van der Waals surface area (Å²) >= 11 is 0. The Balaban J connectivity index is -0.0000000450. The molecule has 0 saturated carbocycles. The van der Waals surface area contributed by atoms with Crippen molar-refractivity contribution in [2.24, 2.45) is 0 Å². The van der Waals surface area contributed by atoms with Crippen LogP contribution in [0.3, 0.4) is 0 Å². The van der Waals surface area contributed by atoms with Crippen LogP contribution in [0.15, 0.2) is 0 Å². The molecule has 0 atom stereocenters. The summed E-state index contributed by atoms with van der Waals surface area (Å²) in [6.45, 7) is 10.5. The van der Waals surface area contributed by atoms with E-state index >= 15 is 0 Å². The molecular formula is C6H25O3P3Pt+. The molecule has 0 aromatic carbocycles. The van der Waals surface area contributed by atoms with E-state index in [9.17, 15) is 9.13 Å². The van der Waals surface area contributed by atoms with Gasteiger partial charge < -0.3 is 9.13 Å². The molecule has 0 aliphatic carbocycles. The second kappa shape index (κ2) is 19.2. The van der Waals surface area contributed by atoms with Gasteiger partial charge in [-0.15, -0.1) is 0 Å². The van der Waals surface area contributed by atoms with Gasteiger partial charge in [-0.05, 0) is 26.7 Å². The summed E-state index contributed by atoms with van der Waals surface area (Å²) in [5, 5.41) is 0. The monoisotopic (exact) mass is 433 g/mol. The number of rotatable bonds is 0. The first-order chi connectivity index (χ1) is 5.20. The van der Waals surface area contributed by atoms with Gasteiger partial charge in [0.05, 0.1) is 28.9 Å². The first-order valence-corrected chi connectivity index (χ1v) is 10.9. The van der Waals surface area contributed by atoms with Gasteiger partial charge in [-0.3, -0.25) is 4.89 Å². The molecule has 0 aromatic heterocycles. The van der Waals surface area contributed by atoms with Crippen molar-refractivity contribution >= 4 is 23.8 Å². The van der Waals surface area contributed by atoms with E-state index < -0.39 is 23.8 Å². The topological polar surface area (TPSA) is 54.4 Å². The van der Waals surface area contributed by atoms with Crippen LogP contribution in [0.2, 0.25) is 0 Å². The van der Waals surface area contributed by atoms with Gasteiger partial charge in [0.1, 0.15) is 8.15 Å². The number of hydrogen-bond donors (Lipinski definition) is 1. The van der Waals surface area contributed by atoms with E-state index in [1.807, 2.05) is 13.3 Å². The van der Waals surface area contributed by atoms with Crippen LogP contribution in [0.4, 0.5) is 0 Å². The van der Waals surface area contributed by atoms with Gasteiger partial charge in [0, 0.05) is 0 Å². The van der Waals surface area contributed by atoms with E-state index in [4.69, 9.17) is 4.89 Å². The SMILES string of the molecule is C[PH+](C)O.C[PH](C)=O.C[PH](C)=O.[PtH3]. The Morgan fingerprint density at radius 1 is 0.923 bits per heavy atom. The Hall–Kier alpha value is 1.54. The van der Waals surface area contributed by atoms with Crippen molar-refractivity contribution in [1.82, 2.24) is 0 Å². The van der Waals surface area contributed by atoms with Crippen LogP contribution in [-0.2, 0) is 30.2 Å². The molecule has 0 spiro atoms. The third-order valence-corrected chi connectivity index (χ3v) is 0. The molecule has 1 N–H and O–H groups in total. The quantitative estimate of drug-likeness (QED) is 0.584. The Morgan fingerprint density at radius 2 is 0.923 bits per heavy atom. The molecule has 0 fully saturated rings. The Labute approximate surface area is 98.8 Å². The summed E-state index contributed by atoms with van der Waals surface area (Å²) in [6.07, 6.45) is 0. The van der Waals surface area contributed by atoms with Crippen molar-refractivity contribution in [3.63, 3.8) is 0 Å². The summed E-state index contributed by atoms with van der Waals surface area (Å²) < 4.78 is 19.3. The summed E-state index contributed by atoms with van der Waals surface area (Å²) in [4.78, 5) is 8.16. The zero-order chi connectivity index (χ0) is 10.7. The van der Waals surface area contributed by atoms with E-state index in [0.29, 0.717) is 0 Å². The Bertz CT molecular complexity index is 108. The molecule has 0 aliphatic heterocycles. The fourth-order valence-corrected chi connectivity index (χ4v) is 0. The van der Waals surface area contributed by atoms with E-state index in [1.54, 1.807) is 26.7 Å². The second-order valence-corrected chi connectivity index (χ2v) is 8.29. The van der Waals surface area contributed by atoms with Gasteiger partial charge in [-0.2, -0.15) is 0 Å². The molecule has 0 aliphatic rings. The van der Waals surface area contributed by atoms with Gasteiger partial charge in [0.25, 0.3) is 0 Å². The van der Waals surface area contributed by atoms with Crippen LogP contribution < -0.4 is 0 Å². The van der Waals surface area contributed by atoms with E-state index in [0.717, 1.165) is 0 Å². The molecule has 0 aromatic rings. The predicted octanol–water partition coefficient (Wildman–Crippen LogP) is 1.17. The van der Waals surface area contributed by atoms with Gasteiger partial charge >= 0.3 is 21.1 Å². The summed E-state index contributed by atoms with van der Waals surface area (Å²) in [5.74, 6) is 0. The van der Waals surface area contributed by atoms with E-state index in [-0.39, 0.29) is 21.1 Å². The molecule has 13 heavy (non-hydrogen) atoms. The average Bonchev–Trinajstić information content (AvgIpc) is 1.54. The second-order valence-electron chi connectivity index (χ2n) is 2.76. The van der Waals surface area contributed by atoms with Crippen LogP contribution in [0.5, 0.6) is 0 Å². The average molecular weight is 433 g/mol. The van der Waals surface area contributed by atoms with Crippen molar-refractivity contribution < 1.29 is 35.1 Å². The molecule has 0 bridgehead atoms. The van der Waals surface area contributed by atoms with Crippen molar-refractivity contribution in [2.45, 2.75) is 0 Å². The molecule has 0 unspecified atom stereocenters. The first-order valence-electron chi connectivity index (χ1n) is 3.63. The van der Waals surface area contributed by atoms with Crippen LogP contribution >= 0.6 is 23.8 Å². The Kier molecular flexibility index (Phi) is 35.4. The van der Waals surface area contributed by atoms with Gasteiger partial charge in [0.15, 0.2) is 0 Å². The third kappa shape index (κ3) is 762. The first kappa shape index (κ1) is 24.0.